The minimum absolute atomic E-state index is 0.0949. The molecule has 0 N–H and O–H groups in total. The second kappa shape index (κ2) is 12.3. The van der Waals surface area contributed by atoms with E-state index >= 15 is 0 Å². The van der Waals surface area contributed by atoms with Crippen molar-refractivity contribution in [3.8, 4) is 33.4 Å². The summed E-state index contributed by atoms with van der Waals surface area (Å²) < 4.78 is 2.66. The predicted octanol–water partition coefficient (Wildman–Crippen LogP) is 15.5. The molecule has 0 aliphatic heterocycles. The van der Waals surface area contributed by atoms with Crippen molar-refractivity contribution in [3.63, 3.8) is 0 Å². The van der Waals surface area contributed by atoms with Crippen molar-refractivity contribution in [2.75, 3.05) is 4.90 Å². The summed E-state index contributed by atoms with van der Waals surface area (Å²) in [5, 5.41) is 7.75. The standard InChI is InChI=1S/C53H37NS/c1-53(2)49-17-8-7-16-45(49)46-27-25-44(33-50(46)53)54(43-15-9-14-37(29-43)40-19-18-34-10-3-4-11-36(34)28-40)42-23-20-35(21-24-42)41-22-26-47-48-30-38-12-5-6-13-39(38)31-52(48)55-51(47)32-41/h3-33H,1-2H3. The Hall–Kier alpha value is -6.48. The van der Waals surface area contributed by atoms with E-state index in [2.05, 4.69) is 207 Å². The summed E-state index contributed by atoms with van der Waals surface area (Å²) in [7, 11) is 0. The van der Waals surface area contributed by atoms with Crippen LogP contribution in [0.15, 0.2) is 188 Å². The van der Waals surface area contributed by atoms with Crippen molar-refractivity contribution in [2.45, 2.75) is 19.3 Å². The van der Waals surface area contributed by atoms with Crippen LogP contribution in [0, 0.1) is 0 Å². The number of rotatable bonds is 5. The molecule has 260 valence electrons. The van der Waals surface area contributed by atoms with Gasteiger partial charge in [0.1, 0.15) is 0 Å². The number of benzene rings is 9. The molecular weight excluding hydrogens is 683 g/mol. The number of anilines is 3. The molecular formula is C53H37NS. The predicted molar refractivity (Wildman–Crippen MR) is 237 cm³/mol. The molecule has 0 saturated carbocycles. The highest BCUT2D eigenvalue weighted by Crippen LogP contribution is 2.51. The molecule has 2 heteroatoms. The van der Waals surface area contributed by atoms with Gasteiger partial charge in [-0.15, -0.1) is 11.3 Å². The number of hydrogen-bond acceptors (Lipinski definition) is 2. The maximum atomic E-state index is 2.42. The van der Waals surface area contributed by atoms with E-state index in [1.165, 1.54) is 86.2 Å². The van der Waals surface area contributed by atoms with Gasteiger partial charge in [-0.05, 0) is 127 Å². The first-order valence-electron chi connectivity index (χ1n) is 19.1. The molecule has 1 aliphatic rings. The molecule has 0 saturated heterocycles. The molecule has 9 aromatic carbocycles. The van der Waals surface area contributed by atoms with Crippen LogP contribution in [-0.2, 0) is 5.41 Å². The summed E-state index contributed by atoms with van der Waals surface area (Å²) in [6.07, 6.45) is 0. The minimum Gasteiger partial charge on any atom is -0.310 e. The second-order valence-electron chi connectivity index (χ2n) is 15.4. The van der Waals surface area contributed by atoms with Gasteiger partial charge >= 0.3 is 0 Å². The van der Waals surface area contributed by atoms with E-state index in [1.807, 2.05) is 11.3 Å². The third-order valence-corrected chi connectivity index (χ3v) is 12.9. The van der Waals surface area contributed by atoms with Gasteiger partial charge in [0, 0.05) is 42.6 Å². The fourth-order valence-electron chi connectivity index (χ4n) is 8.92. The van der Waals surface area contributed by atoms with Crippen molar-refractivity contribution >= 4 is 70.1 Å². The molecule has 1 aliphatic carbocycles. The van der Waals surface area contributed by atoms with Gasteiger partial charge in [-0.2, -0.15) is 0 Å². The van der Waals surface area contributed by atoms with Crippen LogP contribution in [-0.4, -0.2) is 0 Å². The van der Waals surface area contributed by atoms with E-state index in [-0.39, 0.29) is 5.41 Å². The average molecular weight is 720 g/mol. The van der Waals surface area contributed by atoms with E-state index in [1.54, 1.807) is 0 Å². The topological polar surface area (TPSA) is 3.24 Å². The van der Waals surface area contributed by atoms with Gasteiger partial charge in [-0.1, -0.05) is 141 Å². The van der Waals surface area contributed by atoms with Gasteiger partial charge in [0.25, 0.3) is 0 Å². The van der Waals surface area contributed by atoms with Gasteiger partial charge in [-0.25, -0.2) is 0 Å². The first kappa shape index (κ1) is 32.0. The molecule has 1 aromatic heterocycles. The van der Waals surface area contributed by atoms with E-state index in [0.717, 1.165) is 17.1 Å². The highest BCUT2D eigenvalue weighted by atomic mass is 32.1. The lowest BCUT2D eigenvalue weighted by molar-refractivity contribution is 0.660. The van der Waals surface area contributed by atoms with Gasteiger partial charge in [0.05, 0.1) is 0 Å². The van der Waals surface area contributed by atoms with Gasteiger partial charge < -0.3 is 4.90 Å². The lowest BCUT2D eigenvalue weighted by atomic mass is 9.82. The highest BCUT2D eigenvalue weighted by molar-refractivity contribution is 7.25. The second-order valence-corrected chi connectivity index (χ2v) is 16.5. The molecule has 0 bridgehead atoms. The molecule has 0 amide bonds. The fourth-order valence-corrected chi connectivity index (χ4v) is 10.1. The largest absolute Gasteiger partial charge is 0.310 e. The summed E-state index contributed by atoms with van der Waals surface area (Å²) in [5.41, 5.74) is 13.6. The van der Waals surface area contributed by atoms with E-state index in [0.29, 0.717) is 0 Å². The summed E-state index contributed by atoms with van der Waals surface area (Å²) in [6, 6.07) is 69.7. The average Bonchev–Trinajstić information content (AvgIpc) is 3.70. The molecule has 11 rings (SSSR count). The molecule has 10 aromatic rings. The molecule has 0 fully saturated rings. The van der Waals surface area contributed by atoms with Crippen molar-refractivity contribution in [1.82, 2.24) is 0 Å². The van der Waals surface area contributed by atoms with Gasteiger partial charge in [-0.3, -0.25) is 0 Å². The molecule has 0 radical (unpaired) electrons. The Morgan fingerprint density at radius 2 is 0.964 bits per heavy atom. The van der Waals surface area contributed by atoms with Crippen LogP contribution in [0.5, 0.6) is 0 Å². The van der Waals surface area contributed by atoms with Crippen molar-refractivity contribution in [3.05, 3.63) is 199 Å². The maximum absolute atomic E-state index is 2.42. The Morgan fingerprint density at radius 1 is 0.364 bits per heavy atom. The Kier molecular flexibility index (Phi) is 7.14. The van der Waals surface area contributed by atoms with Crippen molar-refractivity contribution in [2.24, 2.45) is 0 Å². The maximum Gasteiger partial charge on any atom is 0.0467 e. The van der Waals surface area contributed by atoms with Crippen LogP contribution in [0.4, 0.5) is 17.1 Å². The summed E-state index contributed by atoms with van der Waals surface area (Å²) in [4.78, 5) is 2.42. The normalized spacial score (nSPS) is 13.1. The Labute approximate surface area is 325 Å². The van der Waals surface area contributed by atoms with Crippen LogP contribution in [0.25, 0.3) is 75.1 Å². The van der Waals surface area contributed by atoms with Crippen molar-refractivity contribution < 1.29 is 0 Å². The van der Waals surface area contributed by atoms with Crippen LogP contribution in [0.3, 0.4) is 0 Å². The van der Waals surface area contributed by atoms with Crippen molar-refractivity contribution in [1.29, 1.82) is 0 Å². The number of thiophene rings is 1. The summed E-state index contributed by atoms with van der Waals surface area (Å²) in [6.45, 7) is 4.72. The van der Waals surface area contributed by atoms with Crippen LogP contribution < -0.4 is 4.90 Å². The SMILES string of the molecule is CC1(C)c2ccccc2-c2ccc(N(c3ccc(-c4ccc5c(c4)sc4cc6ccccc6cc45)cc3)c3cccc(-c4ccc5ccccc5c4)c3)cc21. The minimum atomic E-state index is -0.0949. The molecule has 1 nitrogen and oxygen atoms in total. The zero-order chi connectivity index (χ0) is 36.7. The van der Waals surface area contributed by atoms with Crippen LogP contribution >= 0.6 is 11.3 Å². The summed E-state index contributed by atoms with van der Waals surface area (Å²) in [5.74, 6) is 0. The molecule has 0 atom stereocenters. The Bertz CT molecular complexity index is 3130. The van der Waals surface area contributed by atoms with Gasteiger partial charge in [0.2, 0.25) is 0 Å². The number of fused-ring (bicyclic) bond motifs is 8. The van der Waals surface area contributed by atoms with Gasteiger partial charge in [0.15, 0.2) is 0 Å². The van der Waals surface area contributed by atoms with E-state index < -0.39 is 0 Å². The monoisotopic (exact) mass is 719 g/mol. The first-order valence-corrected chi connectivity index (χ1v) is 19.9. The quantitative estimate of drug-likeness (QED) is 0.171. The fraction of sp³-hybridized carbons (Fsp3) is 0.0566. The smallest absolute Gasteiger partial charge is 0.0467 e. The third kappa shape index (κ3) is 5.21. The first-order chi connectivity index (χ1) is 27.0. The number of hydrogen-bond donors (Lipinski definition) is 0. The number of nitrogens with zero attached hydrogens (tertiary/aromatic N) is 1. The van der Waals surface area contributed by atoms with Crippen LogP contribution in [0.2, 0.25) is 0 Å². The zero-order valence-corrected chi connectivity index (χ0v) is 31.6. The molecule has 0 spiro atoms. The Morgan fingerprint density at radius 3 is 1.80 bits per heavy atom. The lowest BCUT2D eigenvalue weighted by Gasteiger charge is -2.28. The lowest BCUT2D eigenvalue weighted by Crippen LogP contribution is -2.16. The van der Waals surface area contributed by atoms with E-state index in [9.17, 15) is 0 Å². The highest BCUT2D eigenvalue weighted by Gasteiger charge is 2.35. The molecule has 1 heterocycles. The Balaban J connectivity index is 1.02. The van der Waals surface area contributed by atoms with E-state index in [4.69, 9.17) is 0 Å². The summed E-state index contributed by atoms with van der Waals surface area (Å²) >= 11 is 1.88. The van der Waals surface area contributed by atoms with Crippen LogP contribution in [0.1, 0.15) is 25.0 Å². The zero-order valence-electron chi connectivity index (χ0n) is 30.8. The third-order valence-electron chi connectivity index (χ3n) is 11.8. The molecule has 0 unspecified atom stereocenters. The molecule has 55 heavy (non-hydrogen) atoms.